The highest BCUT2D eigenvalue weighted by Gasteiger charge is 2.17. The lowest BCUT2D eigenvalue weighted by Crippen LogP contribution is -2.29. The van der Waals surface area contributed by atoms with E-state index in [4.69, 9.17) is 0 Å². The number of H-pyrrole nitrogens is 1. The van der Waals surface area contributed by atoms with Crippen LogP contribution in [-0.2, 0) is 13.6 Å². The van der Waals surface area contributed by atoms with E-state index in [1.54, 1.807) is 16.7 Å². The lowest BCUT2D eigenvalue weighted by Gasteiger charge is -2.08. The van der Waals surface area contributed by atoms with Gasteiger partial charge in [-0.3, -0.25) is 18.9 Å². The Labute approximate surface area is 182 Å². The molecule has 9 heteroatoms. The number of rotatable bonds is 6. The smallest absolute Gasteiger partial charge is 0.298 e. The van der Waals surface area contributed by atoms with Crippen molar-refractivity contribution in [2.24, 2.45) is 12.1 Å². The van der Waals surface area contributed by atoms with E-state index in [1.165, 1.54) is 23.7 Å². The molecule has 0 aliphatic carbocycles. The average Bonchev–Trinajstić information content (AvgIpc) is 3.15. The number of imidazole rings is 1. The van der Waals surface area contributed by atoms with E-state index >= 15 is 0 Å². The Bertz CT molecular complexity index is 1430. The molecule has 8 nitrogen and oxygen atoms in total. The molecule has 0 aliphatic heterocycles. The van der Waals surface area contributed by atoms with Crippen molar-refractivity contribution in [1.29, 1.82) is 0 Å². The lowest BCUT2D eigenvalue weighted by molar-refractivity contribution is 0.626. The van der Waals surface area contributed by atoms with E-state index < -0.39 is 11.2 Å². The monoisotopic (exact) mass is 432 g/mol. The van der Waals surface area contributed by atoms with Crippen molar-refractivity contribution in [2.45, 2.75) is 13.5 Å². The third-order valence-electron chi connectivity index (χ3n) is 4.91. The van der Waals surface area contributed by atoms with Crippen molar-refractivity contribution in [1.82, 2.24) is 19.1 Å². The number of fused-ring (bicyclic) bond motifs is 1. The Balaban J connectivity index is 1.72. The summed E-state index contributed by atoms with van der Waals surface area (Å²) in [6, 6.07) is 15.7. The van der Waals surface area contributed by atoms with E-state index in [0.717, 1.165) is 11.1 Å². The zero-order valence-corrected chi connectivity index (χ0v) is 17.5. The number of aromatic amines is 1. The average molecular weight is 432 g/mol. The van der Waals surface area contributed by atoms with Gasteiger partial charge in [0.15, 0.2) is 11.2 Å². The number of anilines is 1. The second-order valence-electron chi connectivity index (χ2n) is 7.25. The maximum absolute atomic E-state index is 13.3. The summed E-state index contributed by atoms with van der Waals surface area (Å²) in [5.41, 5.74) is 4.67. The maximum Gasteiger partial charge on any atom is 0.329 e. The van der Waals surface area contributed by atoms with Gasteiger partial charge < -0.3 is 0 Å². The number of nitrogens with zero attached hydrogens (tertiary/aromatic N) is 4. The van der Waals surface area contributed by atoms with Gasteiger partial charge in [-0.25, -0.2) is 14.6 Å². The molecule has 0 bridgehead atoms. The summed E-state index contributed by atoms with van der Waals surface area (Å²) >= 11 is 0. The normalized spacial score (nSPS) is 12.0. The van der Waals surface area contributed by atoms with Crippen LogP contribution in [0.2, 0.25) is 0 Å². The molecule has 0 aliphatic rings. The molecule has 4 aromatic rings. The quantitative estimate of drug-likeness (QED) is 0.361. The molecule has 0 fully saturated rings. The number of hydrogen-bond acceptors (Lipinski definition) is 5. The third kappa shape index (κ3) is 4.41. The second kappa shape index (κ2) is 8.84. The van der Waals surface area contributed by atoms with Crippen molar-refractivity contribution >= 4 is 28.9 Å². The number of hydrazone groups is 1. The summed E-state index contributed by atoms with van der Waals surface area (Å²) in [5, 5.41) is 4.34. The molecule has 2 aromatic heterocycles. The number of allylic oxidation sites excluding steroid dienone is 1. The third-order valence-corrected chi connectivity index (χ3v) is 4.91. The van der Waals surface area contributed by atoms with Gasteiger partial charge in [-0.1, -0.05) is 48.5 Å². The predicted molar refractivity (Wildman–Crippen MR) is 123 cm³/mol. The number of nitrogens with one attached hydrogen (secondary N) is 2. The Morgan fingerprint density at radius 3 is 2.59 bits per heavy atom. The van der Waals surface area contributed by atoms with Gasteiger partial charge in [-0.05, 0) is 36.3 Å². The minimum atomic E-state index is -0.564. The molecule has 0 atom stereocenters. The van der Waals surface area contributed by atoms with Crippen LogP contribution < -0.4 is 16.7 Å². The first kappa shape index (κ1) is 21.0. The molecule has 0 radical (unpaired) electrons. The molecule has 4 rings (SSSR count). The lowest BCUT2D eigenvalue weighted by atomic mass is 10.2. The van der Waals surface area contributed by atoms with Gasteiger partial charge in [-0.2, -0.15) is 10.1 Å². The molecule has 2 heterocycles. The first-order valence-corrected chi connectivity index (χ1v) is 9.90. The van der Waals surface area contributed by atoms with E-state index in [-0.39, 0.29) is 29.5 Å². The fraction of sp³-hybridized carbons (Fsp3) is 0.130. The Morgan fingerprint density at radius 1 is 1.16 bits per heavy atom. The van der Waals surface area contributed by atoms with Crippen LogP contribution in [0.5, 0.6) is 0 Å². The van der Waals surface area contributed by atoms with Gasteiger partial charge in [0, 0.05) is 7.05 Å². The highest BCUT2D eigenvalue weighted by Crippen LogP contribution is 2.18. The summed E-state index contributed by atoms with van der Waals surface area (Å²) in [6.07, 6.45) is 3.77. The van der Waals surface area contributed by atoms with Crippen LogP contribution in [0.25, 0.3) is 17.2 Å². The van der Waals surface area contributed by atoms with Crippen LogP contribution in [0, 0.1) is 5.82 Å². The molecule has 0 amide bonds. The Kier molecular flexibility index (Phi) is 5.80. The summed E-state index contributed by atoms with van der Waals surface area (Å²) in [5.74, 6) is -0.0725. The van der Waals surface area contributed by atoms with Gasteiger partial charge >= 0.3 is 5.69 Å². The van der Waals surface area contributed by atoms with Crippen molar-refractivity contribution in [3.63, 3.8) is 0 Å². The zero-order valence-electron chi connectivity index (χ0n) is 17.5. The van der Waals surface area contributed by atoms with E-state index in [9.17, 15) is 14.0 Å². The van der Waals surface area contributed by atoms with Gasteiger partial charge in [0.25, 0.3) is 5.56 Å². The van der Waals surface area contributed by atoms with Crippen molar-refractivity contribution in [2.75, 3.05) is 5.43 Å². The summed E-state index contributed by atoms with van der Waals surface area (Å²) in [4.78, 5) is 31.3. The SMILES string of the molecule is CC(C=Cc1ccccc1)=NNc1nc2c(c(=O)[nH]c(=O)n2C)n1Cc1ccc(F)cc1. The number of halogens is 1. The first-order valence-electron chi connectivity index (χ1n) is 9.90. The minimum Gasteiger partial charge on any atom is -0.298 e. The molecular formula is C23H21FN6O2. The standard InChI is InChI=1S/C23H21FN6O2/c1-15(8-9-16-6-4-3-5-7-16)27-28-22-25-20-19(21(31)26-23(32)29(20)2)30(22)14-17-10-12-18(24)13-11-17/h3-13H,14H2,1-2H3,(H,25,28)(H,26,31,32). The molecule has 32 heavy (non-hydrogen) atoms. The van der Waals surface area contributed by atoms with Crippen molar-refractivity contribution in [3.8, 4) is 0 Å². The van der Waals surface area contributed by atoms with Crippen LogP contribution in [0.4, 0.5) is 10.3 Å². The molecule has 162 valence electrons. The molecule has 0 saturated heterocycles. The minimum absolute atomic E-state index is 0.214. The van der Waals surface area contributed by atoms with E-state index in [2.05, 4.69) is 20.5 Å². The van der Waals surface area contributed by atoms with Crippen LogP contribution in [0.1, 0.15) is 18.1 Å². The Morgan fingerprint density at radius 2 is 1.88 bits per heavy atom. The fourth-order valence-corrected chi connectivity index (χ4v) is 3.20. The molecule has 0 saturated carbocycles. The van der Waals surface area contributed by atoms with E-state index in [0.29, 0.717) is 5.71 Å². The summed E-state index contributed by atoms with van der Waals surface area (Å²) in [7, 11) is 1.52. The molecule has 0 spiro atoms. The summed E-state index contributed by atoms with van der Waals surface area (Å²) in [6.45, 7) is 2.05. The van der Waals surface area contributed by atoms with Crippen LogP contribution in [0.15, 0.2) is 75.4 Å². The van der Waals surface area contributed by atoms with Gasteiger partial charge in [0.1, 0.15) is 5.82 Å². The predicted octanol–water partition coefficient (Wildman–Crippen LogP) is 3.11. The number of aromatic nitrogens is 4. The molecule has 2 N–H and O–H groups in total. The first-order chi connectivity index (χ1) is 15.4. The van der Waals surface area contributed by atoms with E-state index in [1.807, 2.05) is 49.4 Å². The van der Waals surface area contributed by atoms with Crippen LogP contribution in [-0.4, -0.2) is 24.8 Å². The maximum atomic E-state index is 13.3. The van der Waals surface area contributed by atoms with Crippen LogP contribution >= 0.6 is 0 Å². The van der Waals surface area contributed by atoms with Crippen molar-refractivity contribution in [3.05, 3.63) is 98.5 Å². The zero-order chi connectivity index (χ0) is 22.7. The summed E-state index contributed by atoms with van der Waals surface area (Å²) < 4.78 is 16.2. The number of benzene rings is 2. The Hall–Kier alpha value is -4.27. The molecular weight excluding hydrogens is 411 g/mol. The van der Waals surface area contributed by atoms with Gasteiger partial charge in [-0.15, -0.1) is 0 Å². The van der Waals surface area contributed by atoms with Gasteiger partial charge in [0.05, 0.1) is 12.3 Å². The number of hydrogen-bond donors (Lipinski definition) is 2. The highest BCUT2D eigenvalue weighted by atomic mass is 19.1. The second-order valence-corrected chi connectivity index (χ2v) is 7.25. The van der Waals surface area contributed by atoms with Crippen LogP contribution in [0.3, 0.4) is 0 Å². The van der Waals surface area contributed by atoms with Crippen molar-refractivity contribution < 1.29 is 4.39 Å². The fourth-order valence-electron chi connectivity index (χ4n) is 3.20. The largest absolute Gasteiger partial charge is 0.329 e. The molecule has 0 unspecified atom stereocenters. The number of aryl methyl sites for hydroxylation is 1. The molecule has 2 aromatic carbocycles. The highest BCUT2D eigenvalue weighted by molar-refractivity contribution is 5.96. The van der Waals surface area contributed by atoms with Gasteiger partial charge in [0.2, 0.25) is 5.95 Å². The topological polar surface area (TPSA) is 97.1 Å².